The topological polar surface area (TPSA) is 73.9 Å². The molecule has 6 heteroatoms. The minimum absolute atomic E-state index is 0.0516. The van der Waals surface area contributed by atoms with Gasteiger partial charge in [-0.25, -0.2) is 0 Å². The number of nitrogens with two attached hydrogens (primary N) is 1. The third-order valence-electron chi connectivity index (χ3n) is 2.32. The average molecular weight is 193 g/mol. The van der Waals surface area contributed by atoms with Gasteiger partial charge in [0, 0.05) is 11.6 Å². The van der Waals surface area contributed by atoms with Gasteiger partial charge in [0.2, 0.25) is 0 Å². The molecule has 5 nitrogen and oxygen atoms in total. The van der Waals surface area contributed by atoms with E-state index in [0.717, 1.165) is 5.56 Å². The van der Waals surface area contributed by atoms with Gasteiger partial charge >= 0.3 is 7.32 Å². The monoisotopic (exact) mass is 193 g/mol. The molecular formula is C8H8BNO4. The van der Waals surface area contributed by atoms with E-state index in [9.17, 15) is 5.11 Å². The number of phenolic OH excluding ortho intramolecular Hbond substituents is 1. The minimum atomic E-state index is -0.738. The summed E-state index contributed by atoms with van der Waals surface area (Å²) in [5.74, 6) is 1.58. The SMILES string of the molecule is NCCc1c2cc(O)c3c1OB(O2)O3. The second-order valence-corrected chi connectivity index (χ2v) is 3.21. The summed E-state index contributed by atoms with van der Waals surface area (Å²) in [4.78, 5) is 0. The summed E-state index contributed by atoms with van der Waals surface area (Å²) in [5, 5.41) is 9.52. The van der Waals surface area contributed by atoms with Crippen LogP contribution in [0, 0.1) is 0 Å². The highest BCUT2D eigenvalue weighted by molar-refractivity contribution is 6.42. The third-order valence-corrected chi connectivity index (χ3v) is 2.32. The first kappa shape index (κ1) is 7.81. The van der Waals surface area contributed by atoms with Crippen LogP contribution in [0.4, 0.5) is 0 Å². The fraction of sp³-hybridized carbons (Fsp3) is 0.250. The highest BCUT2D eigenvalue weighted by atomic mass is 16.8. The van der Waals surface area contributed by atoms with Gasteiger partial charge in [0.25, 0.3) is 0 Å². The Morgan fingerprint density at radius 1 is 1.29 bits per heavy atom. The summed E-state index contributed by atoms with van der Waals surface area (Å²) >= 11 is 0. The maximum absolute atomic E-state index is 9.52. The zero-order valence-electron chi connectivity index (χ0n) is 7.32. The molecule has 0 aromatic heterocycles. The van der Waals surface area contributed by atoms with E-state index in [0.29, 0.717) is 30.2 Å². The van der Waals surface area contributed by atoms with Crippen molar-refractivity contribution < 1.29 is 19.1 Å². The molecule has 0 amide bonds. The second kappa shape index (κ2) is 2.48. The first-order valence-corrected chi connectivity index (χ1v) is 4.38. The number of hydrogen-bond acceptors (Lipinski definition) is 5. The van der Waals surface area contributed by atoms with Crippen LogP contribution in [-0.4, -0.2) is 19.0 Å². The molecule has 0 atom stereocenters. The molecule has 0 aliphatic carbocycles. The number of benzene rings is 1. The Hall–Kier alpha value is -1.56. The third kappa shape index (κ3) is 0.833. The Balaban J connectivity index is 2.21. The van der Waals surface area contributed by atoms with Crippen LogP contribution in [0.25, 0.3) is 0 Å². The molecule has 3 rings (SSSR count). The van der Waals surface area contributed by atoms with Gasteiger partial charge in [0.05, 0.1) is 0 Å². The number of hydrogen-bond donors (Lipinski definition) is 2. The van der Waals surface area contributed by atoms with Crippen molar-refractivity contribution in [2.75, 3.05) is 6.54 Å². The van der Waals surface area contributed by atoms with Gasteiger partial charge in [-0.2, -0.15) is 0 Å². The van der Waals surface area contributed by atoms with Crippen LogP contribution in [0.2, 0.25) is 0 Å². The molecule has 3 bridgehead atoms. The molecule has 0 saturated carbocycles. The highest BCUT2D eigenvalue weighted by Crippen LogP contribution is 2.51. The standard InChI is InChI=1S/C8H8BNO4/c10-2-1-4-6-3-5(11)8-7(4)13-9(12-6)14-8/h3,11H,1-2,10H2. The van der Waals surface area contributed by atoms with Crippen molar-refractivity contribution in [1.29, 1.82) is 0 Å². The molecule has 14 heavy (non-hydrogen) atoms. The van der Waals surface area contributed by atoms with Crippen LogP contribution in [0.3, 0.4) is 0 Å². The van der Waals surface area contributed by atoms with Crippen molar-refractivity contribution in [3.63, 3.8) is 0 Å². The van der Waals surface area contributed by atoms with Crippen LogP contribution in [-0.2, 0) is 6.42 Å². The maximum atomic E-state index is 9.52. The van der Waals surface area contributed by atoms with Crippen molar-refractivity contribution in [3.8, 4) is 23.0 Å². The van der Waals surface area contributed by atoms with E-state index in [1.807, 2.05) is 0 Å². The van der Waals surface area contributed by atoms with Gasteiger partial charge in [-0.15, -0.1) is 0 Å². The molecule has 0 unspecified atom stereocenters. The van der Waals surface area contributed by atoms with Crippen molar-refractivity contribution in [3.05, 3.63) is 11.6 Å². The van der Waals surface area contributed by atoms with Crippen molar-refractivity contribution in [2.45, 2.75) is 6.42 Å². The lowest BCUT2D eigenvalue weighted by molar-refractivity contribution is 0.338. The van der Waals surface area contributed by atoms with E-state index < -0.39 is 7.32 Å². The molecule has 0 radical (unpaired) electrons. The van der Waals surface area contributed by atoms with Crippen molar-refractivity contribution in [2.24, 2.45) is 5.73 Å². The summed E-state index contributed by atoms with van der Waals surface area (Å²) in [5.41, 5.74) is 6.33. The summed E-state index contributed by atoms with van der Waals surface area (Å²) in [7, 11) is -0.738. The summed E-state index contributed by atoms with van der Waals surface area (Å²) in [6.45, 7) is 0.502. The van der Waals surface area contributed by atoms with Gasteiger partial charge in [0.15, 0.2) is 17.2 Å². The Bertz CT molecular complexity index is 407. The van der Waals surface area contributed by atoms with Crippen molar-refractivity contribution in [1.82, 2.24) is 0 Å². The number of phenols is 1. The normalized spacial score (nSPS) is 15.1. The van der Waals surface area contributed by atoms with Gasteiger partial charge in [-0.1, -0.05) is 0 Å². The Kier molecular flexibility index (Phi) is 1.38. The Morgan fingerprint density at radius 2 is 2.07 bits per heavy atom. The lowest BCUT2D eigenvalue weighted by Crippen LogP contribution is -2.34. The van der Waals surface area contributed by atoms with E-state index in [1.54, 1.807) is 0 Å². The van der Waals surface area contributed by atoms with E-state index in [1.165, 1.54) is 6.07 Å². The lowest BCUT2D eigenvalue weighted by atomic mass is 10.1. The van der Waals surface area contributed by atoms with Crippen LogP contribution >= 0.6 is 0 Å². The molecule has 3 N–H and O–H groups in total. The average Bonchev–Trinajstić information content (AvgIpc) is 2.43. The van der Waals surface area contributed by atoms with Gasteiger partial charge in [0.1, 0.15) is 5.75 Å². The molecule has 0 spiro atoms. The molecule has 1 aromatic rings. The van der Waals surface area contributed by atoms with Crippen LogP contribution in [0.5, 0.6) is 23.0 Å². The van der Waals surface area contributed by atoms with E-state index in [4.69, 9.17) is 19.7 Å². The molecule has 2 aliphatic heterocycles. The lowest BCUT2D eigenvalue weighted by Gasteiger charge is -2.16. The number of aromatic hydroxyl groups is 1. The van der Waals surface area contributed by atoms with Gasteiger partial charge < -0.3 is 24.8 Å². The number of rotatable bonds is 2. The predicted molar refractivity (Wildman–Crippen MR) is 48.5 cm³/mol. The smallest absolute Gasteiger partial charge is 0.504 e. The zero-order chi connectivity index (χ0) is 9.71. The van der Waals surface area contributed by atoms with Crippen molar-refractivity contribution >= 4 is 7.32 Å². The molecule has 72 valence electrons. The van der Waals surface area contributed by atoms with Gasteiger partial charge in [-0.3, -0.25) is 0 Å². The quantitative estimate of drug-likeness (QED) is 0.648. The fourth-order valence-electron chi connectivity index (χ4n) is 1.74. The minimum Gasteiger partial charge on any atom is -0.504 e. The van der Waals surface area contributed by atoms with E-state index in [-0.39, 0.29) is 5.75 Å². The molecule has 0 fully saturated rings. The second-order valence-electron chi connectivity index (χ2n) is 3.21. The molecule has 2 heterocycles. The van der Waals surface area contributed by atoms with E-state index >= 15 is 0 Å². The van der Waals surface area contributed by atoms with Crippen LogP contribution in [0.15, 0.2) is 6.07 Å². The summed E-state index contributed by atoms with van der Waals surface area (Å²) < 4.78 is 15.8. The highest BCUT2D eigenvalue weighted by Gasteiger charge is 2.46. The van der Waals surface area contributed by atoms with Crippen LogP contribution in [0.1, 0.15) is 5.56 Å². The molecular weight excluding hydrogens is 185 g/mol. The fourth-order valence-corrected chi connectivity index (χ4v) is 1.74. The maximum Gasteiger partial charge on any atom is 0.864 e. The summed E-state index contributed by atoms with van der Waals surface area (Å²) in [6.07, 6.45) is 0.647. The molecule has 2 aliphatic rings. The molecule has 1 aromatic carbocycles. The predicted octanol–water partition coefficient (Wildman–Crippen LogP) is 0.0419. The molecule has 0 saturated heterocycles. The zero-order valence-corrected chi connectivity index (χ0v) is 7.32. The Labute approximate surface area is 80.6 Å². The first-order valence-electron chi connectivity index (χ1n) is 4.38. The van der Waals surface area contributed by atoms with Gasteiger partial charge in [-0.05, 0) is 13.0 Å². The first-order chi connectivity index (χ1) is 6.79. The largest absolute Gasteiger partial charge is 0.864 e. The summed E-state index contributed by atoms with van der Waals surface area (Å²) in [6, 6.07) is 1.53. The van der Waals surface area contributed by atoms with E-state index in [2.05, 4.69) is 0 Å². The van der Waals surface area contributed by atoms with Crippen LogP contribution < -0.4 is 19.7 Å². The number of fused-ring (bicyclic) bond motifs is 2. The Morgan fingerprint density at radius 3 is 2.86 bits per heavy atom.